The molecule has 4 N–H and O–H groups in total. The number of nitrogens with zero attached hydrogens (tertiary/aromatic N) is 6. The van der Waals surface area contributed by atoms with Gasteiger partial charge in [0.1, 0.15) is 0 Å². The smallest absolute Gasteiger partial charge is 0.155 e. The van der Waals surface area contributed by atoms with Crippen LogP contribution in [0.2, 0.25) is 0 Å². The quantitative estimate of drug-likeness (QED) is 0.0537. The molecule has 0 amide bonds. The van der Waals surface area contributed by atoms with Gasteiger partial charge in [0.15, 0.2) is 23.1 Å². The topological polar surface area (TPSA) is 227 Å². The minimum absolute atomic E-state index is 0. The first-order chi connectivity index (χ1) is 66.1. The van der Waals surface area contributed by atoms with Crippen LogP contribution < -0.4 is 0 Å². The molecule has 0 unspecified atom stereocenters. The van der Waals surface area contributed by atoms with Crippen molar-refractivity contribution in [3.05, 3.63) is 471 Å². The van der Waals surface area contributed by atoms with E-state index in [-0.39, 0.29) is 158 Å². The number of halogens is 2. The third-order valence-corrected chi connectivity index (χ3v) is 21.5. The normalized spacial score (nSPS) is 11.0. The summed E-state index contributed by atoms with van der Waals surface area (Å²) in [4.78, 5) is 68.0. The molecule has 1 aliphatic carbocycles. The Morgan fingerprint density at radius 1 is 0.359 bits per heavy atom. The predicted molar refractivity (Wildman–Crippen MR) is 552 cm³/mol. The van der Waals surface area contributed by atoms with Gasteiger partial charge < -0.3 is 40.4 Å². The summed E-state index contributed by atoms with van der Waals surface area (Å²) in [5.74, 6) is -1.55. The Bertz CT molecular complexity index is 7280. The fourth-order valence-electron chi connectivity index (χ4n) is 14.5. The SMILES string of the molecule is CC(=O)C=C(C)O.CC(=O)C=C(C)O.CC(=O)C=C(C)O.CC(=O)C=C(C)O.CC1(C)c2ccccc2-c2c[c-]c(-c3cc4ccccc4cn3)cc21.Cc1ccc[c-]c1-c1cc(-c2ccccc2)c2ccccc2n1.Fc1c[c-]c(-c2ccc3ccccc3n2)c(F)c1.[Ir].[Ir].[Ir].[Ir].[Ir].[c-]1c(-c2ccccn2)sc2ccccc12.[c-]1ccccc1-c1ccccn1.[c-]1ccccc1-c1nccc2ccccc12. The van der Waals surface area contributed by atoms with Gasteiger partial charge in [-0.1, -0.05) is 244 Å². The Morgan fingerprint density at radius 3 is 1.46 bits per heavy atom. The average molecular weight is 2790 g/mol. The molecule has 14 nitrogen and oxygen atoms in total. The molecule has 0 saturated carbocycles. The molecule has 19 aromatic rings. The van der Waals surface area contributed by atoms with Crippen LogP contribution in [0.4, 0.5) is 8.78 Å². The first-order valence-electron chi connectivity index (χ1n) is 43.8. The molecule has 7 aromatic heterocycles. The van der Waals surface area contributed by atoms with Crippen LogP contribution in [0.15, 0.2) is 406 Å². The van der Waals surface area contributed by atoms with Crippen molar-refractivity contribution in [2.45, 2.75) is 81.6 Å². The number of pyridine rings is 6. The molecule has 0 spiro atoms. The van der Waals surface area contributed by atoms with Crippen molar-refractivity contribution in [1.82, 2.24) is 29.9 Å². The van der Waals surface area contributed by atoms with E-state index in [4.69, 9.17) is 25.4 Å². The summed E-state index contributed by atoms with van der Waals surface area (Å²) in [6.45, 7) is 18.1. The Balaban J connectivity index is 0.000000248. The van der Waals surface area contributed by atoms with Gasteiger partial charge >= 0.3 is 0 Å². The average Bonchev–Trinajstić information content (AvgIpc) is 1.56. The van der Waals surface area contributed by atoms with Gasteiger partial charge in [0.25, 0.3) is 0 Å². The van der Waals surface area contributed by atoms with E-state index in [9.17, 15) is 28.0 Å². The van der Waals surface area contributed by atoms with E-state index in [1.165, 1.54) is 156 Å². The van der Waals surface area contributed by atoms with Crippen molar-refractivity contribution in [2.75, 3.05) is 0 Å². The van der Waals surface area contributed by atoms with Crippen molar-refractivity contribution in [2.24, 2.45) is 0 Å². The number of aliphatic hydroxyl groups is 4. The van der Waals surface area contributed by atoms with Crippen LogP contribution in [0.1, 0.15) is 85.9 Å². The Kier molecular flexibility index (Phi) is 48.9. The summed E-state index contributed by atoms with van der Waals surface area (Å²) in [5.41, 5.74) is 20.5. The van der Waals surface area contributed by atoms with Gasteiger partial charge in [0, 0.05) is 172 Å². The number of carbonyl (C=O) groups is 4. The number of hydrogen-bond acceptors (Lipinski definition) is 15. The van der Waals surface area contributed by atoms with Crippen LogP contribution in [-0.2, 0) is 125 Å². The van der Waals surface area contributed by atoms with Gasteiger partial charge in [-0.3, -0.25) is 37.9 Å². The zero-order valence-electron chi connectivity index (χ0n) is 79.3. The molecular weight excluding hydrogens is 2680 g/mol. The van der Waals surface area contributed by atoms with Crippen LogP contribution in [-0.4, -0.2) is 73.5 Å². The van der Waals surface area contributed by atoms with Gasteiger partial charge in [-0.2, -0.15) is 0 Å². The van der Waals surface area contributed by atoms with Gasteiger partial charge in [-0.15, -0.1) is 172 Å². The van der Waals surface area contributed by atoms with Gasteiger partial charge in [-0.05, 0) is 173 Å². The molecule has 1 aliphatic rings. The fourth-order valence-corrected chi connectivity index (χ4v) is 15.5. The Hall–Kier alpha value is -13.5. The van der Waals surface area contributed by atoms with E-state index in [0.717, 1.165) is 84.2 Å². The van der Waals surface area contributed by atoms with Crippen molar-refractivity contribution >= 4 is 87.9 Å². The number of ketones is 4. The third-order valence-electron chi connectivity index (χ3n) is 20.4. The van der Waals surface area contributed by atoms with Crippen molar-refractivity contribution in [1.29, 1.82) is 0 Å². The zero-order valence-corrected chi connectivity index (χ0v) is 92.1. The molecule has 12 aromatic carbocycles. The maximum atomic E-state index is 13.6. The van der Waals surface area contributed by atoms with E-state index >= 15 is 0 Å². The van der Waals surface area contributed by atoms with Gasteiger partial charge in [0.05, 0.1) is 34.1 Å². The molecule has 0 atom stereocenters. The fraction of sp³-hybridized carbons (Fsp3) is 0.100. The molecule has 729 valence electrons. The summed E-state index contributed by atoms with van der Waals surface area (Å²) in [6.07, 6.45) is 12.1. The van der Waals surface area contributed by atoms with Crippen molar-refractivity contribution < 1.29 is 149 Å². The number of aliphatic hydroxyl groups excluding tert-OH is 4. The summed E-state index contributed by atoms with van der Waals surface area (Å²) in [6, 6.07) is 129. The number of allylic oxidation sites excluding steroid dienone is 8. The van der Waals surface area contributed by atoms with Gasteiger partial charge in [-0.25, -0.2) is 11.3 Å². The molecule has 0 bridgehead atoms. The second kappa shape index (κ2) is 59.3. The van der Waals surface area contributed by atoms with Crippen molar-refractivity contribution in [3.63, 3.8) is 0 Å². The summed E-state index contributed by atoms with van der Waals surface area (Å²) >= 11 is 1.73. The van der Waals surface area contributed by atoms with Crippen LogP contribution in [0, 0.1) is 55.0 Å². The monoisotopic (exact) mass is 2790 g/mol. The van der Waals surface area contributed by atoms with E-state index in [0.29, 0.717) is 5.69 Å². The number of thiophene rings is 1. The van der Waals surface area contributed by atoms with E-state index in [1.807, 2.05) is 188 Å². The summed E-state index contributed by atoms with van der Waals surface area (Å²) in [7, 11) is 0. The molecule has 0 saturated heterocycles. The van der Waals surface area contributed by atoms with E-state index < -0.39 is 11.6 Å². The summed E-state index contributed by atoms with van der Waals surface area (Å²) < 4.78 is 27.7. The number of rotatable bonds is 11. The van der Waals surface area contributed by atoms with Crippen LogP contribution in [0.3, 0.4) is 0 Å². The number of carbonyl (C=O) groups excluding carboxylic acids is 4. The minimum Gasteiger partial charge on any atom is -0.512 e. The molecule has 142 heavy (non-hydrogen) atoms. The van der Waals surface area contributed by atoms with Crippen molar-refractivity contribution in [3.8, 4) is 89.1 Å². The zero-order chi connectivity index (χ0) is 97.8. The number of aromatic nitrogens is 6. The number of aryl methyl sites for hydroxylation is 1. The standard InChI is InChI=1S/C24H18N.C22H16N.C15H8F2N.C15H10N.C13H8NS.C11H8N.4C5H8O2.5Ir/c1-24(2)21-10-6-5-9-19(21)20-12-11-17(13-22(20)24)23-14-16-7-3-4-8-18(16)15-25-23;1-16-9-5-6-12-18(16)22-15-20(17-10-3-2-4-11-17)19-13-7-8-14-21(19)23-22;16-11-6-7-12(13(17)9-11)15-8-5-10-3-1-2-4-14(10)18-15;1-2-7-13(8-3-1)15-14-9-5-4-6-12(14)10-11-16-15;1-2-7-12-10(5-1)9-13(15-12)11-6-3-4-8-14-11;1-2-6-10(7-3-1)11-8-4-5-9-12-11;4*1-4(6)3-5(2)7;;;;;/h3-10,12-15H,1-2H3;2-11,13-15H,1H3;1-6,8-9H;1-7,9-11H;1-8H;1-6,8-9H;4*3,6H,1-2H3;;;;;/q6*-1;;;;;;;;;. The Morgan fingerprint density at radius 2 is 0.880 bits per heavy atom. The minimum atomic E-state index is -0.655. The second-order valence-electron chi connectivity index (χ2n) is 31.9. The number of fused-ring (bicyclic) bond motifs is 8. The number of para-hydroxylation sites is 2. The van der Waals surface area contributed by atoms with Crippen LogP contribution in [0.5, 0.6) is 0 Å². The molecule has 0 fully saturated rings. The molecular formula is C120H100F2Ir5N6O8S-6. The molecule has 20 rings (SSSR count). The number of hydrogen-bond donors (Lipinski definition) is 4. The molecule has 7 heterocycles. The first-order valence-corrected chi connectivity index (χ1v) is 44.6. The maximum Gasteiger partial charge on any atom is 0.155 e. The Labute approximate surface area is 899 Å². The largest absolute Gasteiger partial charge is 0.512 e. The second-order valence-corrected chi connectivity index (χ2v) is 32.9. The van der Waals surface area contributed by atoms with E-state index in [1.54, 1.807) is 23.6 Å². The molecule has 0 aliphatic heterocycles. The predicted octanol–water partition coefficient (Wildman–Crippen LogP) is 29.8. The molecule has 5 radical (unpaired) electrons. The summed E-state index contributed by atoms with van der Waals surface area (Å²) in [5, 5.41) is 41.5. The molecule has 22 heteroatoms. The maximum absolute atomic E-state index is 13.6. The first kappa shape index (κ1) is 117. The van der Waals surface area contributed by atoms with Crippen LogP contribution in [0.25, 0.3) is 143 Å². The van der Waals surface area contributed by atoms with Gasteiger partial charge in [0.2, 0.25) is 0 Å². The third kappa shape index (κ3) is 35.3. The number of benzene rings is 12. The van der Waals surface area contributed by atoms with Crippen LogP contribution >= 0.6 is 11.3 Å². The van der Waals surface area contributed by atoms with E-state index in [2.05, 4.69) is 228 Å².